The van der Waals surface area contributed by atoms with E-state index in [1.165, 1.54) is 17.0 Å². The third-order valence-corrected chi connectivity index (χ3v) is 3.94. The Balaban J connectivity index is 1.81. The van der Waals surface area contributed by atoms with Gasteiger partial charge in [-0.1, -0.05) is 29.8 Å². The van der Waals surface area contributed by atoms with Gasteiger partial charge in [-0.2, -0.15) is 0 Å². The largest absolute Gasteiger partial charge is 0.274 e. The maximum atomic E-state index is 12.9. The second-order valence-corrected chi connectivity index (χ2v) is 5.72. The van der Waals surface area contributed by atoms with E-state index in [2.05, 4.69) is 0 Å². The molecule has 1 saturated heterocycles. The summed E-state index contributed by atoms with van der Waals surface area (Å²) in [5, 5.41) is 0.472. The SMILES string of the molecule is O=C1CC(Cc2ccc(F)cc2)C(=O)N1c1cccc(Cl)c1. The Morgan fingerprint density at radius 2 is 1.86 bits per heavy atom. The summed E-state index contributed by atoms with van der Waals surface area (Å²) in [7, 11) is 0. The second kappa shape index (κ2) is 5.89. The van der Waals surface area contributed by atoms with Crippen LogP contribution in [0, 0.1) is 11.7 Å². The van der Waals surface area contributed by atoms with Gasteiger partial charge in [0, 0.05) is 11.4 Å². The fraction of sp³-hybridized carbons (Fsp3) is 0.176. The third kappa shape index (κ3) is 2.88. The molecule has 0 aromatic heterocycles. The molecule has 1 fully saturated rings. The van der Waals surface area contributed by atoms with E-state index < -0.39 is 5.92 Å². The molecule has 2 aromatic rings. The Labute approximate surface area is 132 Å². The number of nitrogens with zero attached hydrogens (tertiary/aromatic N) is 1. The lowest BCUT2D eigenvalue weighted by Crippen LogP contribution is -2.30. The first-order valence-electron chi connectivity index (χ1n) is 6.91. The number of carbonyl (C=O) groups excluding carboxylic acids is 2. The van der Waals surface area contributed by atoms with E-state index in [0.717, 1.165) is 5.56 Å². The normalized spacial score (nSPS) is 18.1. The summed E-state index contributed by atoms with van der Waals surface area (Å²) in [5.41, 5.74) is 1.32. The molecule has 1 atom stereocenters. The van der Waals surface area contributed by atoms with Gasteiger partial charge in [0.15, 0.2) is 0 Å². The van der Waals surface area contributed by atoms with Crippen molar-refractivity contribution in [3.8, 4) is 0 Å². The molecule has 0 aliphatic carbocycles. The highest BCUT2D eigenvalue weighted by Gasteiger charge is 2.39. The topological polar surface area (TPSA) is 37.4 Å². The van der Waals surface area contributed by atoms with Gasteiger partial charge in [0.1, 0.15) is 5.82 Å². The monoisotopic (exact) mass is 317 g/mol. The average molecular weight is 318 g/mol. The first-order valence-corrected chi connectivity index (χ1v) is 7.29. The molecule has 0 spiro atoms. The minimum Gasteiger partial charge on any atom is -0.274 e. The first kappa shape index (κ1) is 14.7. The zero-order chi connectivity index (χ0) is 15.7. The molecule has 3 nitrogen and oxygen atoms in total. The van der Waals surface area contributed by atoms with E-state index in [0.29, 0.717) is 17.1 Å². The third-order valence-electron chi connectivity index (χ3n) is 3.70. The van der Waals surface area contributed by atoms with E-state index in [1.54, 1.807) is 36.4 Å². The fourth-order valence-electron chi connectivity index (χ4n) is 2.65. The molecule has 0 N–H and O–H groups in total. The Kier molecular flexibility index (Phi) is 3.94. The van der Waals surface area contributed by atoms with Crippen molar-refractivity contribution in [1.82, 2.24) is 0 Å². The van der Waals surface area contributed by atoms with Gasteiger partial charge < -0.3 is 0 Å². The highest BCUT2D eigenvalue weighted by molar-refractivity contribution is 6.31. The molecule has 1 heterocycles. The van der Waals surface area contributed by atoms with Crippen LogP contribution in [0.2, 0.25) is 5.02 Å². The van der Waals surface area contributed by atoms with Crippen LogP contribution in [0.5, 0.6) is 0 Å². The lowest BCUT2D eigenvalue weighted by Gasteiger charge is -2.15. The first-order chi connectivity index (χ1) is 10.5. The van der Waals surface area contributed by atoms with Crippen molar-refractivity contribution in [2.24, 2.45) is 5.92 Å². The lowest BCUT2D eigenvalue weighted by molar-refractivity contribution is -0.122. The zero-order valence-corrected chi connectivity index (χ0v) is 12.4. The van der Waals surface area contributed by atoms with Crippen LogP contribution in [-0.4, -0.2) is 11.8 Å². The average Bonchev–Trinajstić information content (AvgIpc) is 2.76. The number of hydrogen-bond acceptors (Lipinski definition) is 2. The van der Waals surface area contributed by atoms with Crippen LogP contribution in [0.15, 0.2) is 48.5 Å². The standard InChI is InChI=1S/C17H13ClFNO2/c18-13-2-1-3-15(10-13)20-16(21)9-12(17(20)22)8-11-4-6-14(19)7-5-11/h1-7,10,12H,8-9H2. The van der Waals surface area contributed by atoms with E-state index in [-0.39, 0.29) is 24.1 Å². The molecule has 5 heteroatoms. The van der Waals surface area contributed by atoms with Crippen molar-refractivity contribution < 1.29 is 14.0 Å². The highest BCUT2D eigenvalue weighted by atomic mass is 35.5. The van der Waals surface area contributed by atoms with Crippen LogP contribution >= 0.6 is 11.6 Å². The van der Waals surface area contributed by atoms with Gasteiger partial charge in [-0.3, -0.25) is 14.5 Å². The molecule has 2 aromatic carbocycles. The number of amides is 2. The van der Waals surface area contributed by atoms with E-state index in [4.69, 9.17) is 11.6 Å². The molecular formula is C17H13ClFNO2. The number of imide groups is 1. The Hall–Kier alpha value is -2.20. The van der Waals surface area contributed by atoms with Gasteiger partial charge in [0.2, 0.25) is 11.8 Å². The summed E-state index contributed by atoms with van der Waals surface area (Å²) in [5.74, 6) is -1.22. The predicted molar refractivity (Wildman–Crippen MR) is 82.2 cm³/mol. The number of benzene rings is 2. The molecule has 1 aliphatic heterocycles. The second-order valence-electron chi connectivity index (χ2n) is 5.28. The van der Waals surface area contributed by atoms with Gasteiger partial charge >= 0.3 is 0 Å². The van der Waals surface area contributed by atoms with Gasteiger partial charge in [0.05, 0.1) is 11.6 Å². The van der Waals surface area contributed by atoms with E-state index in [9.17, 15) is 14.0 Å². The number of halogens is 2. The molecule has 0 saturated carbocycles. The summed E-state index contributed by atoms with van der Waals surface area (Å²) in [6.45, 7) is 0. The Morgan fingerprint density at radius 3 is 2.55 bits per heavy atom. The molecule has 0 bridgehead atoms. The van der Waals surface area contributed by atoms with Crippen LogP contribution in [0.3, 0.4) is 0 Å². The number of carbonyl (C=O) groups is 2. The molecule has 112 valence electrons. The van der Waals surface area contributed by atoms with Gasteiger partial charge in [-0.05, 0) is 42.3 Å². The molecule has 2 amide bonds. The van der Waals surface area contributed by atoms with Crippen LogP contribution in [-0.2, 0) is 16.0 Å². The summed E-state index contributed by atoms with van der Waals surface area (Å²) in [6, 6.07) is 12.6. The predicted octanol–water partition coefficient (Wildman–Crippen LogP) is 3.60. The zero-order valence-electron chi connectivity index (χ0n) is 11.6. The number of hydrogen-bond donors (Lipinski definition) is 0. The molecule has 0 radical (unpaired) electrons. The van der Waals surface area contributed by atoms with Gasteiger partial charge in [-0.25, -0.2) is 4.39 Å². The van der Waals surface area contributed by atoms with Crippen LogP contribution in [0.25, 0.3) is 0 Å². The van der Waals surface area contributed by atoms with Crippen molar-refractivity contribution in [3.05, 3.63) is 64.9 Å². The smallest absolute Gasteiger partial charge is 0.237 e. The summed E-state index contributed by atoms with van der Waals surface area (Å²) in [4.78, 5) is 25.8. The van der Waals surface area contributed by atoms with Crippen molar-refractivity contribution in [2.75, 3.05) is 4.90 Å². The van der Waals surface area contributed by atoms with Gasteiger partial charge in [0.25, 0.3) is 0 Å². The number of anilines is 1. The maximum Gasteiger partial charge on any atom is 0.237 e. The molecule has 22 heavy (non-hydrogen) atoms. The van der Waals surface area contributed by atoms with Crippen molar-refractivity contribution >= 4 is 29.1 Å². The summed E-state index contributed by atoms with van der Waals surface area (Å²) >= 11 is 5.91. The van der Waals surface area contributed by atoms with Crippen LogP contribution < -0.4 is 4.90 Å². The van der Waals surface area contributed by atoms with Crippen molar-refractivity contribution in [3.63, 3.8) is 0 Å². The van der Waals surface area contributed by atoms with Crippen LogP contribution in [0.4, 0.5) is 10.1 Å². The highest BCUT2D eigenvalue weighted by Crippen LogP contribution is 2.30. The Bertz CT molecular complexity index is 730. The Morgan fingerprint density at radius 1 is 1.14 bits per heavy atom. The minimum absolute atomic E-state index is 0.155. The lowest BCUT2D eigenvalue weighted by atomic mass is 9.98. The molecule has 1 unspecified atom stereocenters. The summed E-state index contributed by atoms with van der Waals surface area (Å²) in [6.07, 6.45) is 0.574. The number of rotatable bonds is 3. The van der Waals surface area contributed by atoms with Crippen molar-refractivity contribution in [2.45, 2.75) is 12.8 Å². The fourth-order valence-corrected chi connectivity index (χ4v) is 2.83. The van der Waals surface area contributed by atoms with Crippen LogP contribution in [0.1, 0.15) is 12.0 Å². The molecular weight excluding hydrogens is 305 g/mol. The maximum absolute atomic E-state index is 12.9. The minimum atomic E-state index is -0.419. The quantitative estimate of drug-likeness (QED) is 0.811. The van der Waals surface area contributed by atoms with Gasteiger partial charge in [-0.15, -0.1) is 0 Å². The van der Waals surface area contributed by atoms with E-state index >= 15 is 0 Å². The van der Waals surface area contributed by atoms with Crippen molar-refractivity contribution in [1.29, 1.82) is 0 Å². The summed E-state index contributed by atoms with van der Waals surface area (Å²) < 4.78 is 12.9. The molecule has 1 aliphatic rings. The van der Waals surface area contributed by atoms with E-state index in [1.807, 2.05) is 0 Å². The molecule has 3 rings (SSSR count).